The molecule has 148 valence electrons. The lowest BCUT2D eigenvalue weighted by Gasteiger charge is -2.27. The van der Waals surface area contributed by atoms with E-state index in [2.05, 4.69) is 34.1 Å². The summed E-state index contributed by atoms with van der Waals surface area (Å²) in [6, 6.07) is 17.2. The number of hydrogen-bond acceptors (Lipinski definition) is 5. The van der Waals surface area contributed by atoms with Crippen LogP contribution in [0.3, 0.4) is 0 Å². The summed E-state index contributed by atoms with van der Waals surface area (Å²) >= 11 is 1.81. The van der Waals surface area contributed by atoms with E-state index in [1.165, 1.54) is 55.5 Å². The fraction of sp³-hybridized carbons (Fsp3) is 0.417. The summed E-state index contributed by atoms with van der Waals surface area (Å²) < 4.78 is 1.24. The molecular formula is C24H26N4S. The summed E-state index contributed by atoms with van der Waals surface area (Å²) in [6.45, 7) is 4.77. The van der Waals surface area contributed by atoms with Crippen LogP contribution in [0.4, 0.5) is 5.13 Å². The molecule has 5 heteroatoms. The summed E-state index contributed by atoms with van der Waals surface area (Å²) in [7, 11) is 0. The van der Waals surface area contributed by atoms with Crippen molar-refractivity contribution in [3.8, 4) is 17.2 Å². The van der Waals surface area contributed by atoms with E-state index in [1.54, 1.807) is 0 Å². The van der Waals surface area contributed by atoms with Crippen LogP contribution in [-0.4, -0.2) is 42.1 Å². The van der Waals surface area contributed by atoms with Gasteiger partial charge >= 0.3 is 0 Å². The van der Waals surface area contributed by atoms with E-state index < -0.39 is 0 Å². The second-order valence-corrected chi connectivity index (χ2v) is 9.22. The van der Waals surface area contributed by atoms with Gasteiger partial charge in [0.25, 0.3) is 0 Å². The van der Waals surface area contributed by atoms with Crippen LogP contribution in [0.1, 0.15) is 37.7 Å². The first-order chi connectivity index (χ1) is 14.3. The van der Waals surface area contributed by atoms with Gasteiger partial charge in [0.2, 0.25) is 0 Å². The molecule has 5 rings (SSSR count). The molecule has 0 radical (unpaired) electrons. The average molecular weight is 403 g/mol. The third-order valence-electron chi connectivity index (χ3n) is 6.32. The lowest BCUT2D eigenvalue weighted by atomic mass is 10.0. The largest absolute Gasteiger partial charge is 0.346 e. The minimum absolute atomic E-state index is 0.689. The minimum Gasteiger partial charge on any atom is -0.346 e. The molecule has 3 aromatic rings. The average Bonchev–Trinajstić information content (AvgIpc) is 3.33. The van der Waals surface area contributed by atoms with Crippen molar-refractivity contribution < 1.29 is 0 Å². The van der Waals surface area contributed by atoms with Crippen LogP contribution in [0.2, 0.25) is 0 Å². The van der Waals surface area contributed by atoms with Gasteiger partial charge in [-0.05, 0) is 67.7 Å². The summed E-state index contributed by atoms with van der Waals surface area (Å²) in [6.07, 6.45) is 6.76. The SMILES string of the molecule is N#Cc1ccc(-c2ccc3nc(N4CC[C@H](N5CCCCCC5)C4)sc3c2)cc1. The Labute approximate surface area is 176 Å². The topological polar surface area (TPSA) is 43.2 Å². The number of fused-ring (bicyclic) bond motifs is 1. The maximum absolute atomic E-state index is 9.00. The number of likely N-dealkylation sites (tertiary alicyclic amines) is 1. The van der Waals surface area contributed by atoms with Gasteiger partial charge in [-0.15, -0.1) is 0 Å². The van der Waals surface area contributed by atoms with Gasteiger partial charge in [-0.25, -0.2) is 4.98 Å². The van der Waals surface area contributed by atoms with Crippen LogP contribution in [0.15, 0.2) is 42.5 Å². The molecule has 0 saturated carbocycles. The van der Waals surface area contributed by atoms with Gasteiger partial charge in [0.1, 0.15) is 0 Å². The number of aromatic nitrogens is 1. The summed E-state index contributed by atoms with van der Waals surface area (Å²) in [5, 5.41) is 10.2. The Morgan fingerprint density at radius 1 is 0.931 bits per heavy atom. The van der Waals surface area contributed by atoms with Gasteiger partial charge in [-0.3, -0.25) is 4.90 Å². The van der Waals surface area contributed by atoms with Gasteiger partial charge in [0.15, 0.2) is 5.13 Å². The Hall–Kier alpha value is -2.42. The molecule has 2 fully saturated rings. The number of nitrogens with zero attached hydrogens (tertiary/aromatic N) is 4. The number of thiazole rings is 1. The molecule has 2 saturated heterocycles. The van der Waals surface area contributed by atoms with Gasteiger partial charge in [0.05, 0.1) is 21.8 Å². The van der Waals surface area contributed by atoms with Crippen LogP contribution in [0.5, 0.6) is 0 Å². The molecule has 1 atom stereocenters. The van der Waals surface area contributed by atoms with Gasteiger partial charge in [0, 0.05) is 19.1 Å². The molecule has 3 heterocycles. The van der Waals surface area contributed by atoms with E-state index in [4.69, 9.17) is 10.2 Å². The predicted octanol–water partition coefficient (Wildman–Crippen LogP) is 5.29. The fourth-order valence-electron chi connectivity index (χ4n) is 4.64. The summed E-state index contributed by atoms with van der Waals surface area (Å²) in [5.74, 6) is 0. The zero-order valence-electron chi connectivity index (χ0n) is 16.7. The van der Waals surface area contributed by atoms with Crippen molar-refractivity contribution in [1.82, 2.24) is 9.88 Å². The van der Waals surface area contributed by atoms with Crippen LogP contribution >= 0.6 is 11.3 Å². The van der Waals surface area contributed by atoms with E-state index in [9.17, 15) is 0 Å². The summed E-state index contributed by atoms with van der Waals surface area (Å²) in [5.41, 5.74) is 4.10. The van der Waals surface area contributed by atoms with E-state index >= 15 is 0 Å². The van der Waals surface area contributed by atoms with Crippen LogP contribution in [0.25, 0.3) is 21.3 Å². The number of anilines is 1. The standard InChI is InChI=1S/C24H26N4S/c25-16-18-5-7-19(8-6-18)20-9-10-22-23(15-20)29-24(26-22)28-14-11-21(17-28)27-12-3-1-2-4-13-27/h5-10,15,21H,1-4,11-14,17H2/t21-/m0/s1. The summed E-state index contributed by atoms with van der Waals surface area (Å²) in [4.78, 5) is 10.2. The highest BCUT2D eigenvalue weighted by molar-refractivity contribution is 7.22. The smallest absolute Gasteiger partial charge is 0.186 e. The Kier molecular flexibility index (Phi) is 5.22. The van der Waals surface area contributed by atoms with Gasteiger partial charge in [-0.1, -0.05) is 42.4 Å². The first-order valence-corrected chi connectivity index (χ1v) is 11.5. The maximum atomic E-state index is 9.00. The van der Waals surface area contributed by atoms with Crippen molar-refractivity contribution >= 4 is 26.7 Å². The highest BCUT2D eigenvalue weighted by Gasteiger charge is 2.29. The molecule has 0 amide bonds. The number of nitriles is 1. The molecule has 2 aliphatic rings. The molecule has 2 aliphatic heterocycles. The highest BCUT2D eigenvalue weighted by Crippen LogP contribution is 2.34. The Morgan fingerprint density at radius 2 is 1.69 bits per heavy atom. The van der Waals surface area contributed by atoms with Crippen molar-refractivity contribution in [1.29, 1.82) is 5.26 Å². The zero-order chi connectivity index (χ0) is 19.6. The number of hydrogen-bond donors (Lipinski definition) is 0. The molecule has 0 bridgehead atoms. The molecule has 1 aromatic heterocycles. The van der Waals surface area contributed by atoms with Gasteiger partial charge in [-0.2, -0.15) is 5.26 Å². The second-order valence-electron chi connectivity index (χ2n) is 8.21. The molecule has 29 heavy (non-hydrogen) atoms. The van der Waals surface area contributed by atoms with Crippen molar-refractivity contribution in [3.63, 3.8) is 0 Å². The zero-order valence-corrected chi connectivity index (χ0v) is 17.5. The molecule has 0 N–H and O–H groups in total. The van der Waals surface area contributed by atoms with Crippen molar-refractivity contribution in [3.05, 3.63) is 48.0 Å². The quantitative estimate of drug-likeness (QED) is 0.597. The molecule has 4 nitrogen and oxygen atoms in total. The van der Waals surface area contributed by atoms with Crippen molar-refractivity contribution in [2.75, 3.05) is 31.1 Å². The Morgan fingerprint density at radius 3 is 2.45 bits per heavy atom. The maximum Gasteiger partial charge on any atom is 0.186 e. The lowest BCUT2D eigenvalue weighted by molar-refractivity contribution is 0.218. The van der Waals surface area contributed by atoms with Crippen LogP contribution in [0, 0.1) is 11.3 Å². The van der Waals surface area contributed by atoms with Crippen molar-refractivity contribution in [2.24, 2.45) is 0 Å². The minimum atomic E-state index is 0.689. The third-order valence-corrected chi connectivity index (χ3v) is 7.39. The molecule has 0 aliphatic carbocycles. The second kappa shape index (κ2) is 8.14. The molecule has 0 unspecified atom stereocenters. The molecule has 0 spiro atoms. The Balaban J connectivity index is 1.34. The van der Waals surface area contributed by atoms with E-state index in [0.717, 1.165) is 29.3 Å². The monoisotopic (exact) mass is 402 g/mol. The van der Waals surface area contributed by atoms with E-state index in [0.29, 0.717) is 11.6 Å². The lowest BCUT2D eigenvalue weighted by Crippen LogP contribution is -2.38. The van der Waals surface area contributed by atoms with E-state index in [1.807, 2.05) is 35.6 Å². The fourth-order valence-corrected chi connectivity index (χ4v) is 5.68. The number of rotatable bonds is 3. The molecule has 2 aromatic carbocycles. The Bertz CT molecular complexity index is 1030. The van der Waals surface area contributed by atoms with E-state index in [-0.39, 0.29) is 0 Å². The predicted molar refractivity (Wildman–Crippen MR) is 120 cm³/mol. The van der Waals surface area contributed by atoms with Crippen LogP contribution < -0.4 is 4.90 Å². The normalized spacial score (nSPS) is 20.7. The highest BCUT2D eigenvalue weighted by atomic mass is 32.1. The molecular weight excluding hydrogens is 376 g/mol. The number of benzene rings is 2. The first kappa shape index (κ1) is 18.6. The van der Waals surface area contributed by atoms with Crippen LogP contribution in [-0.2, 0) is 0 Å². The van der Waals surface area contributed by atoms with Crippen molar-refractivity contribution in [2.45, 2.75) is 38.1 Å². The third kappa shape index (κ3) is 3.88. The van der Waals surface area contributed by atoms with Gasteiger partial charge < -0.3 is 4.90 Å². The first-order valence-electron chi connectivity index (χ1n) is 10.7.